The quantitative estimate of drug-likeness (QED) is 0.850. The highest BCUT2D eigenvalue weighted by atomic mass is 16.5. The van der Waals surface area contributed by atoms with Crippen molar-refractivity contribution in [1.82, 2.24) is 0 Å². The monoisotopic (exact) mass is 227 g/mol. The van der Waals surface area contributed by atoms with E-state index in [0.29, 0.717) is 13.0 Å². The molecule has 0 amide bonds. The molecule has 0 saturated heterocycles. The number of hydrogen-bond donors (Lipinski definition) is 1. The first-order valence-corrected chi connectivity index (χ1v) is 5.66. The largest absolute Gasteiger partial charge is 0.489 e. The molecular weight excluding hydrogens is 212 g/mol. The Balaban J connectivity index is 1.97. The Kier molecular flexibility index (Phi) is 4.17. The average molecular weight is 227 g/mol. The second kappa shape index (κ2) is 6.06. The van der Waals surface area contributed by atoms with E-state index in [0.717, 1.165) is 16.9 Å². The van der Waals surface area contributed by atoms with Gasteiger partial charge in [-0.3, -0.25) is 0 Å². The van der Waals surface area contributed by atoms with Gasteiger partial charge in [-0.2, -0.15) is 0 Å². The van der Waals surface area contributed by atoms with Crippen LogP contribution in [-0.4, -0.2) is 11.7 Å². The molecule has 1 N–H and O–H groups in total. The van der Waals surface area contributed by atoms with Gasteiger partial charge in [-0.05, 0) is 35.7 Å². The third kappa shape index (κ3) is 3.61. The minimum absolute atomic E-state index is 0.149. The van der Waals surface area contributed by atoms with Crippen LogP contribution in [-0.2, 0) is 13.0 Å². The first kappa shape index (κ1) is 11.7. The summed E-state index contributed by atoms with van der Waals surface area (Å²) >= 11 is 0. The van der Waals surface area contributed by atoms with Gasteiger partial charge in [0.1, 0.15) is 12.4 Å². The minimum Gasteiger partial charge on any atom is -0.489 e. The van der Waals surface area contributed by atoms with Gasteiger partial charge in [-0.25, -0.2) is 0 Å². The molecule has 2 heteroatoms. The van der Waals surface area contributed by atoms with Crippen molar-refractivity contribution in [2.75, 3.05) is 6.61 Å². The number of hydrogen-bond acceptors (Lipinski definition) is 2. The molecule has 0 atom stereocenters. The molecule has 1 radical (unpaired) electrons. The van der Waals surface area contributed by atoms with Crippen LogP contribution in [0.5, 0.6) is 5.75 Å². The summed E-state index contributed by atoms with van der Waals surface area (Å²) in [6.07, 6.45) is 0.638. The number of benzene rings is 2. The molecule has 2 aromatic carbocycles. The molecule has 0 aliphatic rings. The van der Waals surface area contributed by atoms with Gasteiger partial charge in [0.15, 0.2) is 0 Å². The molecular formula is C15H15O2. The molecule has 0 spiro atoms. The van der Waals surface area contributed by atoms with Crippen molar-refractivity contribution in [1.29, 1.82) is 0 Å². The SMILES string of the molecule is OCCc1c[c]cc(OCc2ccccc2)c1. The average Bonchev–Trinajstić information content (AvgIpc) is 2.39. The zero-order chi connectivity index (χ0) is 11.9. The van der Waals surface area contributed by atoms with E-state index in [2.05, 4.69) is 6.07 Å². The summed E-state index contributed by atoms with van der Waals surface area (Å²) in [6, 6.07) is 18.7. The summed E-state index contributed by atoms with van der Waals surface area (Å²) in [7, 11) is 0. The van der Waals surface area contributed by atoms with Crippen molar-refractivity contribution in [3.05, 3.63) is 65.7 Å². The van der Waals surface area contributed by atoms with E-state index in [9.17, 15) is 0 Å². The van der Waals surface area contributed by atoms with Crippen LogP contribution in [0, 0.1) is 6.07 Å². The molecule has 2 aromatic rings. The van der Waals surface area contributed by atoms with Gasteiger partial charge in [0.25, 0.3) is 0 Å². The van der Waals surface area contributed by atoms with E-state index >= 15 is 0 Å². The molecule has 0 heterocycles. The highest BCUT2D eigenvalue weighted by molar-refractivity contribution is 5.28. The van der Waals surface area contributed by atoms with Crippen LogP contribution in [0.15, 0.2) is 48.5 Å². The molecule has 0 bridgehead atoms. The lowest BCUT2D eigenvalue weighted by atomic mass is 10.1. The maximum atomic E-state index is 8.86. The smallest absolute Gasteiger partial charge is 0.120 e. The van der Waals surface area contributed by atoms with Crippen LogP contribution < -0.4 is 4.74 Å². The zero-order valence-electron chi connectivity index (χ0n) is 9.60. The van der Waals surface area contributed by atoms with Crippen LogP contribution in [0.25, 0.3) is 0 Å². The fourth-order valence-electron chi connectivity index (χ4n) is 1.59. The first-order valence-electron chi connectivity index (χ1n) is 5.66. The molecule has 2 nitrogen and oxygen atoms in total. The van der Waals surface area contributed by atoms with Crippen LogP contribution in [0.2, 0.25) is 0 Å². The standard InChI is InChI=1S/C15H15O2/c16-10-9-13-7-4-8-15(11-13)17-12-14-5-2-1-3-6-14/h1-3,5-8,11,16H,9-10,12H2. The Labute approximate surface area is 101 Å². The lowest BCUT2D eigenvalue weighted by molar-refractivity contribution is 0.296. The van der Waals surface area contributed by atoms with Gasteiger partial charge in [-0.1, -0.05) is 36.4 Å². The van der Waals surface area contributed by atoms with Gasteiger partial charge in [-0.15, -0.1) is 0 Å². The predicted molar refractivity (Wildman–Crippen MR) is 66.8 cm³/mol. The van der Waals surface area contributed by atoms with Crippen molar-refractivity contribution in [3.8, 4) is 5.75 Å². The summed E-state index contributed by atoms with van der Waals surface area (Å²) in [6.45, 7) is 0.702. The molecule has 0 saturated carbocycles. The normalized spacial score (nSPS) is 10.2. The lowest BCUT2D eigenvalue weighted by Crippen LogP contribution is -1.96. The summed E-state index contributed by atoms with van der Waals surface area (Å²) in [5, 5.41) is 8.86. The Morgan fingerprint density at radius 2 is 1.88 bits per heavy atom. The highest BCUT2D eigenvalue weighted by Crippen LogP contribution is 2.15. The Morgan fingerprint density at radius 1 is 1.06 bits per heavy atom. The maximum absolute atomic E-state index is 8.86. The third-order valence-electron chi connectivity index (χ3n) is 2.47. The summed E-state index contributed by atoms with van der Waals surface area (Å²) < 4.78 is 5.67. The van der Waals surface area contributed by atoms with Gasteiger partial charge < -0.3 is 9.84 Å². The summed E-state index contributed by atoms with van der Waals surface area (Å²) in [5.41, 5.74) is 2.18. The molecule has 17 heavy (non-hydrogen) atoms. The summed E-state index contributed by atoms with van der Waals surface area (Å²) in [4.78, 5) is 0. The Morgan fingerprint density at radius 3 is 2.65 bits per heavy atom. The molecule has 0 aliphatic heterocycles. The Hall–Kier alpha value is -1.80. The van der Waals surface area contributed by atoms with Crippen LogP contribution in [0.3, 0.4) is 0 Å². The molecule has 0 aliphatic carbocycles. The van der Waals surface area contributed by atoms with Gasteiger partial charge in [0.05, 0.1) is 0 Å². The molecule has 0 unspecified atom stereocenters. The van der Waals surface area contributed by atoms with Crippen LogP contribution in [0.4, 0.5) is 0 Å². The second-order valence-corrected chi connectivity index (χ2v) is 3.82. The molecule has 0 fully saturated rings. The van der Waals surface area contributed by atoms with Crippen molar-refractivity contribution >= 4 is 0 Å². The van der Waals surface area contributed by atoms with Crippen molar-refractivity contribution < 1.29 is 9.84 Å². The Bertz CT molecular complexity index is 451. The van der Waals surface area contributed by atoms with E-state index in [1.807, 2.05) is 48.5 Å². The molecule has 87 valence electrons. The number of ether oxygens (including phenoxy) is 1. The number of aliphatic hydroxyl groups is 1. The lowest BCUT2D eigenvalue weighted by Gasteiger charge is -2.07. The fourth-order valence-corrected chi connectivity index (χ4v) is 1.59. The van der Waals surface area contributed by atoms with Crippen molar-refractivity contribution in [2.45, 2.75) is 13.0 Å². The predicted octanol–water partition coefficient (Wildman–Crippen LogP) is 2.60. The van der Waals surface area contributed by atoms with E-state index in [1.165, 1.54) is 0 Å². The van der Waals surface area contributed by atoms with Crippen LogP contribution in [0.1, 0.15) is 11.1 Å². The molecule has 0 aromatic heterocycles. The second-order valence-electron chi connectivity index (χ2n) is 3.82. The maximum Gasteiger partial charge on any atom is 0.120 e. The third-order valence-corrected chi connectivity index (χ3v) is 2.47. The van der Waals surface area contributed by atoms with E-state index in [4.69, 9.17) is 9.84 Å². The van der Waals surface area contributed by atoms with E-state index in [1.54, 1.807) is 0 Å². The zero-order valence-corrected chi connectivity index (χ0v) is 9.60. The van der Waals surface area contributed by atoms with Gasteiger partial charge >= 0.3 is 0 Å². The topological polar surface area (TPSA) is 29.5 Å². The number of rotatable bonds is 5. The van der Waals surface area contributed by atoms with Crippen molar-refractivity contribution in [3.63, 3.8) is 0 Å². The first-order chi connectivity index (χ1) is 8.38. The van der Waals surface area contributed by atoms with E-state index < -0.39 is 0 Å². The highest BCUT2D eigenvalue weighted by Gasteiger charge is 1.98. The van der Waals surface area contributed by atoms with Gasteiger partial charge in [0, 0.05) is 6.61 Å². The van der Waals surface area contributed by atoms with E-state index in [-0.39, 0.29) is 6.61 Å². The van der Waals surface area contributed by atoms with Crippen molar-refractivity contribution in [2.24, 2.45) is 0 Å². The fraction of sp³-hybridized carbons (Fsp3) is 0.200. The summed E-state index contributed by atoms with van der Waals surface area (Å²) in [5.74, 6) is 0.791. The van der Waals surface area contributed by atoms with Gasteiger partial charge in [0.2, 0.25) is 0 Å². The molecule has 2 rings (SSSR count). The number of aliphatic hydroxyl groups excluding tert-OH is 1. The van der Waals surface area contributed by atoms with Crippen LogP contribution >= 0.6 is 0 Å². The minimum atomic E-state index is 0.149.